The van der Waals surface area contributed by atoms with E-state index in [-0.39, 0.29) is 24.0 Å². The van der Waals surface area contributed by atoms with Gasteiger partial charge in [0.1, 0.15) is 0 Å². The summed E-state index contributed by atoms with van der Waals surface area (Å²) in [6, 6.07) is 7.38. The molecule has 0 aliphatic carbocycles. The third-order valence-electron chi connectivity index (χ3n) is 3.95. The maximum atomic E-state index is 5.89. The minimum atomic E-state index is 0. The highest BCUT2D eigenvalue weighted by Gasteiger charge is 2.15. The number of rotatable bonds is 6. The van der Waals surface area contributed by atoms with Gasteiger partial charge in [-0.05, 0) is 42.9 Å². The zero-order valence-corrected chi connectivity index (χ0v) is 18.5. The van der Waals surface area contributed by atoms with Crippen molar-refractivity contribution in [3.63, 3.8) is 0 Å². The van der Waals surface area contributed by atoms with Crippen molar-refractivity contribution in [2.24, 2.45) is 4.99 Å². The second-order valence-corrected chi connectivity index (χ2v) is 7.63. The molecular weight excluding hydrogens is 485 g/mol. The van der Waals surface area contributed by atoms with Crippen molar-refractivity contribution in [3.05, 3.63) is 35.2 Å². The zero-order valence-electron chi connectivity index (χ0n) is 14.6. The highest BCUT2D eigenvalue weighted by molar-refractivity contribution is 14.0. The summed E-state index contributed by atoms with van der Waals surface area (Å²) in [5.74, 6) is 3.25. The summed E-state index contributed by atoms with van der Waals surface area (Å²) < 4.78 is 5.31. The fourth-order valence-electron chi connectivity index (χ4n) is 2.60. The van der Waals surface area contributed by atoms with Gasteiger partial charge in [0, 0.05) is 42.4 Å². The Morgan fingerprint density at radius 3 is 2.85 bits per heavy atom. The van der Waals surface area contributed by atoms with Crippen LogP contribution in [0.25, 0.3) is 11.4 Å². The first kappa shape index (κ1) is 21.3. The third-order valence-corrected chi connectivity index (χ3v) is 5.60. The Bertz CT molecular complexity index is 703. The molecule has 2 N–H and O–H groups in total. The molecular formula is C17H23ClIN5OS. The van der Waals surface area contributed by atoms with Crippen LogP contribution in [-0.4, -0.2) is 47.2 Å². The van der Waals surface area contributed by atoms with Gasteiger partial charge in [-0.2, -0.15) is 16.7 Å². The van der Waals surface area contributed by atoms with E-state index in [2.05, 4.69) is 25.8 Å². The molecule has 2 aromatic rings. The summed E-state index contributed by atoms with van der Waals surface area (Å²) >= 11 is 7.92. The molecule has 1 aromatic carbocycles. The highest BCUT2D eigenvalue weighted by atomic mass is 127. The van der Waals surface area contributed by atoms with Gasteiger partial charge in [0.15, 0.2) is 5.96 Å². The molecule has 0 amide bonds. The van der Waals surface area contributed by atoms with E-state index in [0.717, 1.165) is 18.1 Å². The molecule has 1 saturated heterocycles. The second kappa shape index (κ2) is 11.0. The monoisotopic (exact) mass is 507 g/mol. The van der Waals surface area contributed by atoms with E-state index < -0.39 is 0 Å². The van der Waals surface area contributed by atoms with Crippen LogP contribution in [0.4, 0.5) is 0 Å². The van der Waals surface area contributed by atoms with Crippen LogP contribution >= 0.6 is 47.3 Å². The normalized spacial score (nSPS) is 17.0. The summed E-state index contributed by atoms with van der Waals surface area (Å²) in [5, 5.41) is 12.1. The first-order chi connectivity index (χ1) is 12.2. The number of nitrogens with zero attached hydrogens (tertiary/aromatic N) is 3. The Morgan fingerprint density at radius 2 is 2.15 bits per heavy atom. The predicted molar refractivity (Wildman–Crippen MR) is 119 cm³/mol. The smallest absolute Gasteiger partial charge is 0.228 e. The van der Waals surface area contributed by atoms with Crippen molar-refractivity contribution in [1.29, 1.82) is 0 Å². The third kappa shape index (κ3) is 6.31. The number of nitrogens with one attached hydrogen (secondary N) is 2. The topological polar surface area (TPSA) is 75.3 Å². The quantitative estimate of drug-likeness (QED) is 0.353. The molecule has 0 radical (unpaired) electrons. The predicted octanol–water partition coefficient (Wildman–Crippen LogP) is 3.61. The average Bonchev–Trinajstić information content (AvgIpc) is 3.30. The van der Waals surface area contributed by atoms with E-state index in [1.807, 2.05) is 36.0 Å². The van der Waals surface area contributed by atoms with Crippen molar-refractivity contribution in [2.45, 2.75) is 24.5 Å². The number of hydrogen-bond donors (Lipinski definition) is 2. The largest absolute Gasteiger partial charge is 0.356 e. The molecule has 1 aliphatic rings. The van der Waals surface area contributed by atoms with Gasteiger partial charge in [-0.25, -0.2) is 0 Å². The SMILES string of the molecule is CN=C(NCCc1nc(-c2ccc(Cl)cc2)no1)NCC1CCCS1.I. The van der Waals surface area contributed by atoms with Gasteiger partial charge in [-0.1, -0.05) is 16.8 Å². The average molecular weight is 508 g/mol. The van der Waals surface area contributed by atoms with Crippen LogP contribution in [0.15, 0.2) is 33.8 Å². The molecule has 1 fully saturated rings. The Labute approximate surface area is 180 Å². The number of aliphatic imine (C=N–C) groups is 1. The minimum absolute atomic E-state index is 0. The molecule has 1 unspecified atom stereocenters. The van der Waals surface area contributed by atoms with E-state index in [1.165, 1.54) is 18.6 Å². The van der Waals surface area contributed by atoms with Crippen molar-refractivity contribution >= 4 is 53.3 Å². The van der Waals surface area contributed by atoms with Gasteiger partial charge in [0.25, 0.3) is 0 Å². The van der Waals surface area contributed by atoms with Gasteiger partial charge in [-0.3, -0.25) is 4.99 Å². The number of halogens is 2. The lowest BCUT2D eigenvalue weighted by Gasteiger charge is -2.14. The Kier molecular flexibility index (Phi) is 9.00. The molecule has 9 heteroatoms. The standard InChI is InChI=1S/C17H22ClN5OS.HI/c1-19-17(21-11-14-3-2-10-25-14)20-9-8-15-22-16(23-24-15)12-4-6-13(18)7-5-12;/h4-7,14H,2-3,8-11H2,1H3,(H2,19,20,21);1H. The molecule has 2 heterocycles. The summed E-state index contributed by atoms with van der Waals surface area (Å²) in [6.07, 6.45) is 3.24. The maximum Gasteiger partial charge on any atom is 0.228 e. The Balaban J connectivity index is 0.00000243. The molecule has 0 saturated carbocycles. The summed E-state index contributed by atoms with van der Waals surface area (Å²) in [4.78, 5) is 8.66. The van der Waals surface area contributed by atoms with Gasteiger partial charge in [0.05, 0.1) is 0 Å². The van der Waals surface area contributed by atoms with Gasteiger partial charge >= 0.3 is 0 Å². The van der Waals surface area contributed by atoms with E-state index in [9.17, 15) is 0 Å². The van der Waals surface area contributed by atoms with Crippen LogP contribution in [0.3, 0.4) is 0 Å². The summed E-state index contributed by atoms with van der Waals surface area (Å²) in [6.45, 7) is 1.63. The van der Waals surface area contributed by atoms with Crippen molar-refractivity contribution in [3.8, 4) is 11.4 Å². The van der Waals surface area contributed by atoms with Crippen LogP contribution in [-0.2, 0) is 6.42 Å². The number of benzene rings is 1. The lowest BCUT2D eigenvalue weighted by Crippen LogP contribution is -2.40. The van der Waals surface area contributed by atoms with Gasteiger partial charge in [-0.15, -0.1) is 24.0 Å². The molecule has 1 atom stereocenters. The molecule has 3 rings (SSSR count). The van der Waals surface area contributed by atoms with Crippen molar-refractivity contribution < 1.29 is 4.52 Å². The van der Waals surface area contributed by atoms with Crippen molar-refractivity contribution in [1.82, 2.24) is 20.8 Å². The van der Waals surface area contributed by atoms with Crippen LogP contribution in [0.2, 0.25) is 5.02 Å². The molecule has 0 bridgehead atoms. The van der Waals surface area contributed by atoms with Crippen molar-refractivity contribution in [2.75, 3.05) is 25.9 Å². The zero-order chi connectivity index (χ0) is 17.5. The van der Waals surface area contributed by atoms with Crippen LogP contribution in [0, 0.1) is 0 Å². The summed E-state index contributed by atoms with van der Waals surface area (Å²) in [7, 11) is 1.78. The van der Waals surface area contributed by atoms with E-state index in [4.69, 9.17) is 16.1 Å². The number of hydrogen-bond acceptors (Lipinski definition) is 5. The van der Waals surface area contributed by atoms with E-state index in [0.29, 0.717) is 35.0 Å². The van der Waals surface area contributed by atoms with Gasteiger partial charge in [0.2, 0.25) is 11.7 Å². The molecule has 142 valence electrons. The molecule has 26 heavy (non-hydrogen) atoms. The molecule has 1 aromatic heterocycles. The Morgan fingerprint density at radius 1 is 1.35 bits per heavy atom. The number of aromatic nitrogens is 2. The molecule has 0 spiro atoms. The lowest BCUT2D eigenvalue weighted by molar-refractivity contribution is 0.378. The number of guanidine groups is 1. The fraction of sp³-hybridized carbons (Fsp3) is 0.471. The Hall–Kier alpha value is -1.000. The molecule has 6 nitrogen and oxygen atoms in total. The lowest BCUT2D eigenvalue weighted by atomic mass is 10.2. The van der Waals surface area contributed by atoms with Crippen LogP contribution in [0.1, 0.15) is 18.7 Å². The number of thioether (sulfide) groups is 1. The fourth-order valence-corrected chi connectivity index (χ4v) is 3.92. The highest BCUT2D eigenvalue weighted by Crippen LogP contribution is 2.25. The molecule has 1 aliphatic heterocycles. The summed E-state index contributed by atoms with van der Waals surface area (Å²) in [5.41, 5.74) is 0.888. The van der Waals surface area contributed by atoms with E-state index in [1.54, 1.807) is 7.05 Å². The van der Waals surface area contributed by atoms with E-state index >= 15 is 0 Å². The first-order valence-electron chi connectivity index (χ1n) is 8.39. The maximum absolute atomic E-state index is 5.89. The van der Waals surface area contributed by atoms with Crippen LogP contribution < -0.4 is 10.6 Å². The minimum Gasteiger partial charge on any atom is -0.356 e. The second-order valence-electron chi connectivity index (χ2n) is 5.78. The van der Waals surface area contributed by atoms with Gasteiger partial charge < -0.3 is 15.2 Å². The first-order valence-corrected chi connectivity index (χ1v) is 9.82. The van der Waals surface area contributed by atoms with Crippen LogP contribution in [0.5, 0.6) is 0 Å².